The second-order valence-electron chi connectivity index (χ2n) is 6.66. The summed E-state index contributed by atoms with van der Waals surface area (Å²) in [6, 6.07) is 0. The number of hydrogen-bond acceptors (Lipinski definition) is 4. The maximum atomic E-state index is 6.16. The van der Waals surface area contributed by atoms with E-state index in [1.165, 1.54) is 4.68 Å². The van der Waals surface area contributed by atoms with E-state index in [2.05, 4.69) is 30.9 Å². The molecule has 0 amide bonds. The number of hydrogen-bond donors (Lipinski definition) is 2. The molecular weight excluding hydrogens is 252 g/mol. The lowest BCUT2D eigenvalue weighted by Gasteiger charge is -2.16. The van der Waals surface area contributed by atoms with E-state index in [4.69, 9.17) is 11.6 Å². The highest BCUT2D eigenvalue weighted by molar-refractivity contribution is 5.73. The van der Waals surface area contributed by atoms with Crippen molar-refractivity contribution in [1.29, 1.82) is 0 Å². The fourth-order valence-corrected chi connectivity index (χ4v) is 2.51. The van der Waals surface area contributed by atoms with Gasteiger partial charge in [0.15, 0.2) is 5.82 Å². The average molecular weight is 274 g/mol. The summed E-state index contributed by atoms with van der Waals surface area (Å²) in [6.45, 7) is 6.41. The molecule has 0 aromatic carbocycles. The smallest absolute Gasteiger partial charge is 0.150 e. The molecule has 20 heavy (non-hydrogen) atoms. The van der Waals surface area contributed by atoms with Crippen molar-refractivity contribution in [2.24, 2.45) is 7.05 Å². The molecular formula is C14H22N6. The Labute approximate surface area is 118 Å². The summed E-state index contributed by atoms with van der Waals surface area (Å²) in [7, 11) is 1.91. The van der Waals surface area contributed by atoms with E-state index in [1.54, 1.807) is 0 Å². The summed E-state index contributed by atoms with van der Waals surface area (Å²) in [5.74, 6) is 7.92. The van der Waals surface area contributed by atoms with E-state index in [9.17, 15) is 0 Å². The van der Waals surface area contributed by atoms with Crippen molar-refractivity contribution in [3.05, 3.63) is 17.7 Å². The minimum absolute atomic E-state index is 0.0683. The first kappa shape index (κ1) is 13.0. The molecule has 2 aromatic rings. The first-order chi connectivity index (χ1) is 9.29. The Morgan fingerprint density at radius 1 is 1.30 bits per heavy atom. The van der Waals surface area contributed by atoms with Gasteiger partial charge in [0.05, 0.1) is 5.69 Å². The highest BCUT2D eigenvalue weighted by Gasteiger charge is 2.32. The van der Waals surface area contributed by atoms with E-state index in [0.717, 1.165) is 35.6 Å². The van der Waals surface area contributed by atoms with Gasteiger partial charge in [0.2, 0.25) is 0 Å². The Morgan fingerprint density at radius 3 is 2.50 bits per heavy atom. The van der Waals surface area contributed by atoms with Crippen LogP contribution in [0, 0.1) is 0 Å². The van der Waals surface area contributed by atoms with Gasteiger partial charge in [-0.15, -0.1) is 0 Å². The van der Waals surface area contributed by atoms with Crippen LogP contribution in [0.5, 0.6) is 0 Å². The van der Waals surface area contributed by atoms with E-state index in [0.29, 0.717) is 11.7 Å². The lowest BCUT2D eigenvalue weighted by Crippen LogP contribution is -2.15. The molecule has 1 saturated carbocycles. The summed E-state index contributed by atoms with van der Waals surface area (Å²) >= 11 is 0. The van der Waals surface area contributed by atoms with Crippen LogP contribution in [-0.2, 0) is 12.5 Å². The number of imidazole rings is 1. The van der Waals surface area contributed by atoms with Gasteiger partial charge in [0.25, 0.3) is 0 Å². The van der Waals surface area contributed by atoms with Crippen LogP contribution in [0.2, 0.25) is 0 Å². The maximum absolute atomic E-state index is 6.16. The lowest BCUT2D eigenvalue weighted by atomic mass is 9.89. The first-order valence-corrected chi connectivity index (χ1v) is 6.96. The summed E-state index contributed by atoms with van der Waals surface area (Å²) in [6.07, 6.45) is 4.26. The van der Waals surface area contributed by atoms with Crippen molar-refractivity contribution in [3.8, 4) is 11.3 Å². The Bertz CT molecular complexity index is 654. The van der Waals surface area contributed by atoms with Crippen LogP contribution in [0.3, 0.4) is 0 Å². The van der Waals surface area contributed by atoms with Gasteiger partial charge >= 0.3 is 0 Å². The topological polar surface area (TPSA) is 87.7 Å². The number of anilines is 1. The molecule has 0 aliphatic heterocycles. The number of aryl methyl sites for hydroxylation is 1. The molecule has 6 nitrogen and oxygen atoms in total. The van der Waals surface area contributed by atoms with Gasteiger partial charge in [-0.2, -0.15) is 5.10 Å². The molecule has 0 saturated heterocycles. The molecule has 2 heterocycles. The van der Waals surface area contributed by atoms with Crippen LogP contribution in [0.15, 0.2) is 6.20 Å². The largest absolute Gasteiger partial charge is 0.382 e. The van der Waals surface area contributed by atoms with Crippen molar-refractivity contribution >= 4 is 5.82 Å². The Morgan fingerprint density at radius 2 is 1.95 bits per heavy atom. The molecule has 108 valence electrons. The highest BCUT2D eigenvalue weighted by Crippen LogP contribution is 2.42. The molecule has 4 N–H and O–H groups in total. The van der Waals surface area contributed by atoms with Gasteiger partial charge in [-0.3, -0.25) is 4.68 Å². The van der Waals surface area contributed by atoms with Crippen LogP contribution >= 0.6 is 0 Å². The predicted molar refractivity (Wildman–Crippen MR) is 79.7 cm³/mol. The monoisotopic (exact) mass is 274 g/mol. The van der Waals surface area contributed by atoms with E-state index in [1.807, 2.05) is 17.9 Å². The zero-order valence-electron chi connectivity index (χ0n) is 12.5. The van der Waals surface area contributed by atoms with Gasteiger partial charge in [-0.1, -0.05) is 20.8 Å². The zero-order chi connectivity index (χ0) is 14.7. The standard InChI is InChI=1S/C14H22N6/c1-14(2,3)11-9(7-19(4)18-11)10-12(15)20(16)13(17-10)8-5-6-8/h7-8H,5-6,15-16H2,1-4H3. The van der Waals surface area contributed by atoms with Crippen LogP contribution in [0.4, 0.5) is 5.82 Å². The molecule has 0 unspecified atom stereocenters. The summed E-state index contributed by atoms with van der Waals surface area (Å²) in [4.78, 5) is 4.69. The third-order valence-corrected chi connectivity index (χ3v) is 3.71. The summed E-state index contributed by atoms with van der Waals surface area (Å²) < 4.78 is 3.34. The van der Waals surface area contributed by atoms with Gasteiger partial charge in [-0.25, -0.2) is 9.66 Å². The number of nitrogens with zero attached hydrogens (tertiary/aromatic N) is 4. The zero-order valence-corrected chi connectivity index (χ0v) is 12.5. The summed E-state index contributed by atoms with van der Waals surface area (Å²) in [5, 5.41) is 4.57. The average Bonchev–Trinajstić information content (AvgIpc) is 3.04. The Hall–Kier alpha value is -1.98. The first-order valence-electron chi connectivity index (χ1n) is 6.96. The fraction of sp³-hybridized carbons (Fsp3) is 0.571. The van der Waals surface area contributed by atoms with Crippen molar-refractivity contribution in [1.82, 2.24) is 19.4 Å². The number of nitrogen functional groups attached to an aromatic ring is 2. The maximum Gasteiger partial charge on any atom is 0.150 e. The predicted octanol–water partition coefficient (Wildman–Crippen LogP) is 1.75. The van der Waals surface area contributed by atoms with Crippen molar-refractivity contribution in [2.75, 3.05) is 11.6 Å². The molecule has 0 spiro atoms. The van der Waals surface area contributed by atoms with Crippen LogP contribution in [0.1, 0.15) is 51.0 Å². The fourth-order valence-electron chi connectivity index (χ4n) is 2.51. The van der Waals surface area contributed by atoms with Crippen molar-refractivity contribution < 1.29 is 0 Å². The molecule has 1 fully saturated rings. The van der Waals surface area contributed by atoms with Gasteiger partial charge < -0.3 is 11.6 Å². The highest BCUT2D eigenvalue weighted by atomic mass is 15.4. The minimum atomic E-state index is -0.0683. The third-order valence-electron chi connectivity index (χ3n) is 3.71. The molecule has 0 atom stereocenters. The lowest BCUT2D eigenvalue weighted by molar-refractivity contribution is 0.554. The molecule has 1 aliphatic carbocycles. The second kappa shape index (κ2) is 4.01. The SMILES string of the molecule is Cn1cc(-c2nc(C3CC3)n(N)c2N)c(C(C)(C)C)n1. The van der Waals surface area contributed by atoms with E-state index in [-0.39, 0.29) is 5.41 Å². The molecule has 2 aromatic heterocycles. The number of rotatable bonds is 2. The van der Waals surface area contributed by atoms with Gasteiger partial charge in [0.1, 0.15) is 11.5 Å². The molecule has 0 bridgehead atoms. The van der Waals surface area contributed by atoms with E-state index < -0.39 is 0 Å². The molecule has 3 rings (SSSR count). The Kier molecular flexibility index (Phi) is 2.61. The molecule has 0 radical (unpaired) electrons. The molecule has 6 heteroatoms. The van der Waals surface area contributed by atoms with Crippen LogP contribution in [-0.4, -0.2) is 19.4 Å². The minimum Gasteiger partial charge on any atom is -0.382 e. The number of aromatic nitrogens is 4. The van der Waals surface area contributed by atoms with E-state index >= 15 is 0 Å². The normalized spacial score (nSPS) is 15.8. The second-order valence-corrected chi connectivity index (χ2v) is 6.66. The summed E-state index contributed by atoms with van der Waals surface area (Å²) in [5.41, 5.74) is 8.82. The third kappa shape index (κ3) is 1.95. The van der Waals surface area contributed by atoms with Crippen LogP contribution < -0.4 is 11.6 Å². The van der Waals surface area contributed by atoms with Crippen molar-refractivity contribution in [3.63, 3.8) is 0 Å². The number of nitrogens with two attached hydrogens (primary N) is 2. The van der Waals surface area contributed by atoms with Gasteiger partial charge in [-0.05, 0) is 12.8 Å². The van der Waals surface area contributed by atoms with Gasteiger partial charge in [0, 0.05) is 30.1 Å². The Balaban J connectivity index is 2.16. The quantitative estimate of drug-likeness (QED) is 0.817. The molecule has 1 aliphatic rings. The van der Waals surface area contributed by atoms with Crippen LogP contribution in [0.25, 0.3) is 11.3 Å². The van der Waals surface area contributed by atoms with Crippen molar-refractivity contribution in [2.45, 2.75) is 44.9 Å².